The molecule has 1 unspecified atom stereocenters. The molecule has 0 heterocycles. The Morgan fingerprint density at radius 1 is 0.952 bits per heavy atom. The standard InChI is InChI=1S/C17H16N2O2/c1-12-8-10-15(11-9-12)18-19-16(13(2)20)17(21)14-6-4-3-5-7-14/h3-11,16H,1-2H3. The van der Waals surface area contributed by atoms with E-state index < -0.39 is 6.04 Å². The lowest BCUT2D eigenvalue weighted by molar-refractivity contribution is -0.117. The predicted molar refractivity (Wildman–Crippen MR) is 80.9 cm³/mol. The van der Waals surface area contributed by atoms with Crippen molar-refractivity contribution in [2.45, 2.75) is 19.9 Å². The summed E-state index contributed by atoms with van der Waals surface area (Å²) in [6.07, 6.45) is 0. The van der Waals surface area contributed by atoms with Crippen LogP contribution in [0.2, 0.25) is 0 Å². The Balaban J connectivity index is 2.22. The van der Waals surface area contributed by atoms with E-state index in [0.717, 1.165) is 5.56 Å². The molecule has 0 saturated heterocycles. The summed E-state index contributed by atoms with van der Waals surface area (Å²) >= 11 is 0. The highest BCUT2D eigenvalue weighted by atomic mass is 16.2. The molecule has 1 atom stereocenters. The summed E-state index contributed by atoms with van der Waals surface area (Å²) in [6.45, 7) is 3.32. The third-order valence-corrected chi connectivity index (χ3v) is 3.01. The molecule has 0 aromatic heterocycles. The SMILES string of the molecule is CC(=O)C(N=Nc1ccc(C)cc1)C(=O)c1ccccc1. The lowest BCUT2D eigenvalue weighted by Gasteiger charge is -2.06. The summed E-state index contributed by atoms with van der Waals surface area (Å²) < 4.78 is 0. The molecule has 0 aliphatic heterocycles. The average molecular weight is 280 g/mol. The van der Waals surface area contributed by atoms with E-state index in [2.05, 4.69) is 10.2 Å². The van der Waals surface area contributed by atoms with Gasteiger partial charge >= 0.3 is 0 Å². The van der Waals surface area contributed by atoms with Gasteiger partial charge in [0.1, 0.15) is 0 Å². The average Bonchev–Trinajstić information content (AvgIpc) is 2.49. The van der Waals surface area contributed by atoms with Crippen molar-refractivity contribution in [1.29, 1.82) is 0 Å². The van der Waals surface area contributed by atoms with Crippen molar-refractivity contribution in [3.63, 3.8) is 0 Å². The van der Waals surface area contributed by atoms with Gasteiger partial charge in [0, 0.05) is 5.56 Å². The minimum atomic E-state index is -1.09. The zero-order chi connectivity index (χ0) is 15.2. The summed E-state index contributed by atoms with van der Waals surface area (Å²) in [4.78, 5) is 23.9. The third kappa shape index (κ3) is 3.92. The quantitative estimate of drug-likeness (QED) is 0.473. The van der Waals surface area contributed by atoms with E-state index in [1.807, 2.05) is 25.1 Å². The minimum Gasteiger partial charge on any atom is -0.297 e. The van der Waals surface area contributed by atoms with Crippen LogP contribution in [0, 0.1) is 6.92 Å². The molecule has 0 amide bonds. The van der Waals surface area contributed by atoms with E-state index in [1.54, 1.807) is 36.4 Å². The van der Waals surface area contributed by atoms with Gasteiger partial charge in [-0.25, -0.2) is 0 Å². The zero-order valence-electron chi connectivity index (χ0n) is 12.0. The van der Waals surface area contributed by atoms with Crippen LogP contribution in [0.15, 0.2) is 64.8 Å². The first-order chi connectivity index (χ1) is 10.1. The van der Waals surface area contributed by atoms with Crippen LogP contribution in [0.25, 0.3) is 0 Å². The lowest BCUT2D eigenvalue weighted by atomic mass is 10.0. The topological polar surface area (TPSA) is 58.9 Å². The highest BCUT2D eigenvalue weighted by Crippen LogP contribution is 2.15. The Bertz CT molecular complexity index is 661. The Labute approximate surface area is 123 Å². The Hall–Kier alpha value is -2.62. The maximum atomic E-state index is 12.3. The number of ketones is 2. The van der Waals surface area contributed by atoms with E-state index in [1.165, 1.54) is 6.92 Å². The van der Waals surface area contributed by atoms with Gasteiger partial charge in [-0.1, -0.05) is 48.0 Å². The van der Waals surface area contributed by atoms with Crippen molar-refractivity contribution in [1.82, 2.24) is 0 Å². The second-order valence-corrected chi connectivity index (χ2v) is 4.79. The van der Waals surface area contributed by atoms with Gasteiger partial charge < -0.3 is 0 Å². The fraction of sp³-hybridized carbons (Fsp3) is 0.176. The molecule has 0 radical (unpaired) electrons. The van der Waals surface area contributed by atoms with Gasteiger partial charge in [0.25, 0.3) is 0 Å². The van der Waals surface area contributed by atoms with E-state index in [0.29, 0.717) is 11.3 Å². The maximum absolute atomic E-state index is 12.3. The fourth-order valence-corrected chi connectivity index (χ4v) is 1.81. The van der Waals surface area contributed by atoms with Gasteiger partial charge in [0.2, 0.25) is 0 Å². The second kappa shape index (κ2) is 6.70. The van der Waals surface area contributed by atoms with Gasteiger partial charge in [0.15, 0.2) is 17.6 Å². The van der Waals surface area contributed by atoms with Crippen molar-refractivity contribution in [2.75, 3.05) is 0 Å². The monoisotopic (exact) mass is 280 g/mol. The van der Waals surface area contributed by atoms with Crippen LogP contribution in [-0.4, -0.2) is 17.6 Å². The van der Waals surface area contributed by atoms with E-state index in [4.69, 9.17) is 0 Å². The van der Waals surface area contributed by atoms with Crippen molar-refractivity contribution in [3.05, 3.63) is 65.7 Å². The van der Waals surface area contributed by atoms with E-state index >= 15 is 0 Å². The highest BCUT2D eigenvalue weighted by Gasteiger charge is 2.24. The Morgan fingerprint density at radius 3 is 2.14 bits per heavy atom. The Kier molecular flexibility index (Phi) is 4.72. The first-order valence-electron chi connectivity index (χ1n) is 6.65. The molecule has 0 N–H and O–H groups in total. The molecule has 21 heavy (non-hydrogen) atoms. The van der Waals surface area contributed by atoms with Crippen LogP contribution in [0.4, 0.5) is 5.69 Å². The van der Waals surface area contributed by atoms with Crippen LogP contribution in [0.5, 0.6) is 0 Å². The number of hydrogen-bond donors (Lipinski definition) is 0. The molecule has 0 aliphatic rings. The maximum Gasteiger partial charge on any atom is 0.196 e. The first-order valence-corrected chi connectivity index (χ1v) is 6.65. The third-order valence-electron chi connectivity index (χ3n) is 3.01. The van der Waals surface area contributed by atoms with Crippen LogP contribution >= 0.6 is 0 Å². The van der Waals surface area contributed by atoms with Crippen molar-refractivity contribution in [2.24, 2.45) is 10.2 Å². The molecule has 0 spiro atoms. The largest absolute Gasteiger partial charge is 0.297 e. The molecule has 0 bridgehead atoms. The molecule has 4 nitrogen and oxygen atoms in total. The van der Waals surface area contributed by atoms with E-state index in [9.17, 15) is 9.59 Å². The van der Waals surface area contributed by atoms with Crippen molar-refractivity contribution < 1.29 is 9.59 Å². The summed E-state index contributed by atoms with van der Waals surface area (Å²) in [6, 6.07) is 14.9. The molecular formula is C17H16N2O2. The number of aryl methyl sites for hydroxylation is 1. The van der Waals surface area contributed by atoms with Crippen molar-refractivity contribution >= 4 is 17.3 Å². The molecule has 0 fully saturated rings. The first kappa shape index (κ1) is 14.8. The summed E-state index contributed by atoms with van der Waals surface area (Å²) in [5, 5.41) is 7.92. The van der Waals surface area contributed by atoms with Gasteiger partial charge in [-0.15, -0.1) is 0 Å². The smallest absolute Gasteiger partial charge is 0.196 e. The van der Waals surface area contributed by atoms with Crippen LogP contribution in [-0.2, 0) is 4.79 Å². The summed E-state index contributed by atoms with van der Waals surface area (Å²) in [5.41, 5.74) is 2.19. The lowest BCUT2D eigenvalue weighted by Crippen LogP contribution is -2.26. The molecule has 4 heteroatoms. The minimum absolute atomic E-state index is 0.320. The molecule has 2 aromatic carbocycles. The number of carbonyl (C=O) groups is 2. The number of Topliss-reactive ketones (excluding diaryl/α,β-unsaturated/α-hetero) is 2. The number of rotatable bonds is 5. The highest BCUT2D eigenvalue weighted by molar-refractivity contribution is 6.13. The zero-order valence-corrected chi connectivity index (χ0v) is 12.0. The van der Waals surface area contributed by atoms with Gasteiger partial charge in [-0.05, 0) is 26.0 Å². The van der Waals surface area contributed by atoms with Gasteiger partial charge in [-0.2, -0.15) is 10.2 Å². The number of hydrogen-bond acceptors (Lipinski definition) is 4. The summed E-state index contributed by atoms with van der Waals surface area (Å²) in [5.74, 6) is -0.654. The summed E-state index contributed by atoms with van der Waals surface area (Å²) in [7, 11) is 0. The molecule has 0 saturated carbocycles. The van der Waals surface area contributed by atoms with Gasteiger partial charge in [-0.3, -0.25) is 9.59 Å². The molecule has 2 aromatic rings. The second-order valence-electron chi connectivity index (χ2n) is 4.79. The Morgan fingerprint density at radius 2 is 1.57 bits per heavy atom. The number of benzene rings is 2. The molecule has 2 rings (SSSR count). The number of carbonyl (C=O) groups excluding carboxylic acids is 2. The van der Waals surface area contributed by atoms with Crippen molar-refractivity contribution in [3.8, 4) is 0 Å². The predicted octanol–water partition coefficient (Wildman–Crippen LogP) is 3.92. The van der Waals surface area contributed by atoms with Crippen LogP contribution in [0.3, 0.4) is 0 Å². The fourth-order valence-electron chi connectivity index (χ4n) is 1.81. The molecule has 106 valence electrons. The molecular weight excluding hydrogens is 264 g/mol. The molecule has 0 aliphatic carbocycles. The van der Waals surface area contributed by atoms with Crippen LogP contribution < -0.4 is 0 Å². The van der Waals surface area contributed by atoms with Gasteiger partial charge in [0.05, 0.1) is 5.69 Å². The van der Waals surface area contributed by atoms with Crippen LogP contribution in [0.1, 0.15) is 22.8 Å². The number of nitrogens with zero attached hydrogens (tertiary/aromatic N) is 2. The number of azo groups is 1. The normalized spacial score (nSPS) is 12.3. The van der Waals surface area contributed by atoms with E-state index in [-0.39, 0.29) is 11.6 Å².